The normalized spacial score (nSPS) is 19.9. The van der Waals surface area contributed by atoms with Crippen molar-refractivity contribution < 1.29 is 23.8 Å². The first-order valence-electron chi connectivity index (χ1n) is 12.7. The third-order valence-electron chi connectivity index (χ3n) is 7.00. The number of carbonyl (C=O) groups excluding carboxylic acids is 2. The first kappa shape index (κ1) is 25.3. The van der Waals surface area contributed by atoms with Gasteiger partial charge in [-0.25, -0.2) is 9.07 Å². The molecule has 9 heteroatoms. The van der Waals surface area contributed by atoms with Crippen LogP contribution in [-0.4, -0.2) is 38.5 Å². The molecule has 1 aromatic heterocycles. The number of unbranched alkanes of at least 4 members (excludes halogenated alkanes) is 1. The number of rotatable bonds is 13. The summed E-state index contributed by atoms with van der Waals surface area (Å²) in [6.45, 7) is 2.70. The number of piperidine rings is 1. The van der Waals surface area contributed by atoms with Gasteiger partial charge in [-0.05, 0) is 68.6 Å². The Hall–Kier alpha value is -2.81. The Balaban J connectivity index is 1.38. The van der Waals surface area contributed by atoms with Gasteiger partial charge in [-0.1, -0.05) is 31.0 Å². The number of aryl methyl sites for hydroxylation is 1. The molecule has 2 fully saturated rings. The third kappa shape index (κ3) is 6.66. The molecule has 2 N–H and O–H groups in total. The lowest BCUT2D eigenvalue weighted by Gasteiger charge is -2.29. The van der Waals surface area contributed by atoms with Crippen molar-refractivity contribution in [2.45, 2.75) is 83.3 Å². The number of ether oxygens (including phenoxy) is 1. The lowest BCUT2D eigenvalue weighted by molar-refractivity contribution is -0.136. The van der Waals surface area contributed by atoms with Gasteiger partial charge in [0.1, 0.15) is 5.60 Å². The van der Waals surface area contributed by atoms with Crippen molar-refractivity contribution >= 4 is 11.8 Å². The van der Waals surface area contributed by atoms with Gasteiger partial charge in [0, 0.05) is 12.3 Å². The Morgan fingerprint density at radius 2 is 2.09 bits per heavy atom. The van der Waals surface area contributed by atoms with Crippen molar-refractivity contribution in [3.05, 3.63) is 41.5 Å². The first-order valence-corrected chi connectivity index (χ1v) is 12.7. The maximum absolute atomic E-state index is 14.3. The monoisotopic (exact) mass is 486 g/mol. The second kappa shape index (κ2) is 11.3. The van der Waals surface area contributed by atoms with Crippen molar-refractivity contribution in [1.82, 2.24) is 20.3 Å². The van der Waals surface area contributed by atoms with Crippen molar-refractivity contribution in [1.29, 1.82) is 0 Å². The predicted octanol–water partition coefficient (Wildman–Crippen LogP) is 3.66. The van der Waals surface area contributed by atoms with Crippen molar-refractivity contribution in [2.75, 3.05) is 6.61 Å². The van der Waals surface area contributed by atoms with E-state index in [1.165, 1.54) is 6.07 Å². The smallest absolute Gasteiger partial charge is 0.229 e. The summed E-state index contributed by atoms with van der Waals surface area (Å²) in [4.78, 5) is 23.2. The minimum Gasteiger partial charge on any atom is -0.490 e. The number of nitrogens with one attached hydrogen (secondary N) is 1. The highest BCUT2D eigenvalue weighted by Gasteiger charge is 2.32. The van der Waals surface area contributed by atoms with E-state index < -0.39 is 11.4 Å². The van der Waals surface area contributed by atoms with Gasteiger partial charge in [0.05, 0.1) is 25.0 Å². The summed E-state index contributed by atoms with van der Waals surface area (Å²) in [6.07, 6.45) is 9.29. The fraction of sp³-hybridized carbons (Fsp3) is 0.615. The van der Waals surface area contributed by atoms with Crippen molar-refractivity contribution in [3.8, 4) is 5.75 Å². The van der Waals surface area contributed by atoms with Gasteiger partial charge in [0.15, 0.2) is 11.6 Å². The molecule has 2 aromatic rings. The molecule has 8 nitrogen and oxygen atoms in total. The molecule has 0 spiro atoms. The Labute approximate surface area is 205 Å². The highest BCUT2D eigenvalue weighted by atomic mass is 19.1. The number of aliphatic hydroxyl groups is 1. The number of carbonyl (C=O) groups is 2. The highest BCUT2D eigenvalue weighted by Crippen LogP contribution is 2.34. The zero-order valence-corrected chi connectivity index (χ0v) is 20.3. The van der Waals surface area contributed by atoms with Crippen LogP contribution in [0.1, 0.15) is 76.0 Å². The van der Waals surface area contributed by atoms with E-state index in [1.807, 2.05) is 6.92 Å². The Morgan fingerprint density at radius 3 is 2.83 bits per heavy atom. The number of aromatic nitrogens is 3. The van der Waals surface area contributed by atoms with E-state index in [0.29, 0.717) is 43.8 Å². The van der Waals surface area contributed by atoms with Gasteiger partial charge in [-0.2, -0.15) is 0 Å². The fourth-order valence-electron chi connectivity index (χ4n) is 4.69. The molecule has 0 bridgehead atoms. The number of imide groups is 1. The van der Waals surface area contributed by atoms with Crippen molar-refractivity contribution in [2.24, 2.45) is 11.8 Å². The molecule has 1 aromatic carbocycles. The molecular formula is C26H35FN4O4. The number of benzene rings is 1. The molecule has 190 valence electrons. The van der Waals surface area contributed by atoms with Crippen LogP contribution < -0.4 is 10.1 Å². The minimum absolute atomic E-state index is 0.111. The van der Waals surface area contributed by atoms with Gasteiger partial charge in [0.25, 0.3) is 0 Å². The summed E-state index contributed by atoms with van der Waals surface area (Å²) < 4.78 is 21.7. The molecule has 1 aliphatic carbocycles. The molecular weight excluding hydrogens is 451 g/mol. The number of nitrogens with zero attached hydrogens (tertiary/aromatic N) is 3. The lowest BCUT2D eigenvalue weighted by Crippen LogP contribution is -2.40. The maximum atomic E-state index is 14.3. The van der Waals surface area contributed by atoms with E-state index in [0.717, 1.165) is 44.2 Å². The minimum atomic E-state index is -1.24. The van der Waals surface area contributed by atoms with Gasteiger partial charge < -0.3 is 9.84 Å². The molecule has 2 unspecified atom stereocenters. The molecule has 0 radical (unpaired) electrons. The van der Waals surface area contributed by atoms with Crippen LogP contribution in [-0.2, 0) is 28.2 Å². The molecule has 4 rings (SSSR count). The number of halogens is 1. The number of amides is 2. The highest BCUT2D eigenvalue weighted by molar-refractivity contribution is 5.98. The van der Waals surface area contributed by atoms with Crippen LogP contribution >= 0.6 is 0 Å². The summed E-state index contributed by atoms with van der Waals surface area (Å²) in [6, 6.07) is 4.59. The van der Waals surface area contributed by atoms with Crippen LogP contribution in [0, 0.1) is 17.7 Å². The molecule has 1 aliphatic heterocycles. The van der Waals surface area contributed by atoms with E-state index in [9.17, 15) is 19.1 Å². The zero-order chi connectivity index (χ0) is 24.8. The van der Waals surface area contributed by atoms with E-state index in [4.69, 9.17) is 4.74 Å². The average molecular weight is 487 g/mol. The predicted molar refractivity (Wildman–Crippen MR) is 127 cm³/mol. The molecule has 1 saturated heterocycles. The van der Waals surface area contributed by atoms with E-state index in [2.05, 4.69) is 15.6 Å². The van der Waals surface area contributed by atoms with E-state index in [-0.39, 0.29) is 30.0 Å². The second-order valence-electron chi connectivity index (χ2n) is 9.96. The molecule has 2 aliphatic rings. The van der Waals surface area contributed by atoms with Crippen LogP contribution in [0.15, 0.2) is 24.4 Å². The fourth-order valence-corrected chi connectivity index (χ4v) is 4.69. The topological polar surface area (TPSA) is 106 Å². The van der Waals surface area contributed by atoms with E-state index in [1.54, 1.807) is 23.0 Å². The summed E-state index contributed by atoms with van der Waals surface area (Å²) in [5.74, 6) is -0.219. The Bertz CT molecular complexity index is 1040. The zero-order valence-electron chi connectivity index (χ0n) is 20.3. The quantitative estimate of drug-likeness (QED) is 0.331. The van der Waals surface area contributed by atoms with Gasteiger partial charge in [0.2, 0.25) is 11.8 Å². The average Bonchev–Trinajstić information content (AvgIpc) is 3.56. The van der Waals surface area contributed by atoms with Gasteiger partial charge in [-0.3, -0.25) is 14.9 Å². The first-order chi connectivity index (χ1) is 16.9. The standard InChI is InChI=1S/C26H35FN4O4/c1-2-13-26(34,20-10-11-22(27)23(14-20)35-16-18-7-8-18)17-31-21(15-28-30-31)6-4-3-5-19-9-12-24(32)29-25(19)33/h10-11,14-15,18-19,34H,2-9,12-13,16-17H2,1H3,(H,29,32,33). The summed E-state index contributed by atoms with van der Waals surface area (Å²) >= 11 is 0. The van der Waals surface area contributed by atoms with Gasteiger partial charge >= 0.3 is 0 Å². The Morgan fingerprint density at radius 1 is 1.26 bits per heavy atom. The van der Waals surface area contributed by atoms with Crippen molar-refractivity contribution in [3.63, 3.8) is 0 Å². The van der Waals surface area contributed by atoms with Crippen LogP contribution in [0.5, 0.6) is 5.75 Å². The summed E-state index contributed by atoms with van der Waals surface area (Å²) in [5.41, 5.74) is 0.260. The van der Waals surface area contributed by atoms with Crippen LogP contribution in [0.2, 0.25) is 0 Å². The molecule has 2 amide bonds. The molecule has 2 atom stereocenters. The Kier molecular flexibility index (Phi) is 8.15. The van der Waals surface area contributed by atoms with Gasteiger partial charge in [-0.15, -0.1) is 5.10 Å². The van der Waals surface area contributed by atoms with Crippen LogP contribution in [0.4, 0.5) is 4.39 Å². The third-order valence-corrected chi connectivity index (χ3v) is 7.00. The van der Waals surface area contributed by atoms with Crippen LogP contribution in [0.3, 0.4) is 0 Å². The summed E-state index contributed by atoms with van der Waals surface area (Å²) in [7, 11) is 0. The summed E-state index contributed by atoms with van der Waals surface area (Å²) in [5, 5.41) is 22.3. The SMILES string of the molecule is CCCC(O)(Cn1nncc1CCCCC1CCC(=O)NC1=O)c1ccc(F)c(OCC2CC2)c1. The number of hydrogen-bond donors (Lipinski definition) is 2. The van der Waals surface area contributed by atoms with E-state index >= 15 is 0 Å². The molecule has 35 heavy (non-hydrogen) atoms. The number of hydrogen-bond acceptors (Lipinski definition) is 6. The second-order valence-corrected chi connectivity index (χ2v) is 9.96. The largest absolute Gasteiger partial charge is 0.490 e. The molecule has 1 saturated carbocycles. The van der Waals surface area contributed by atoms with Crippen LogP contribution in [0.25, 0.3) is 0 Å². The molecule has 2 heterocycles. The lowest BCUT2D eigenvalue weighted by atomic mass is 9.88. The maximum Gasteiger partial charge on any atom is 0.229 e.